The van der Waals surface area contributed by atoms with Crippen molar-refractivity contribution in [2.24, 2.45) is 0 Å². The van der Waals surface area contributed by atoms with Gasteiger partial charge in [-0.05, 0) is 12.1 Å². The number of aromatic amines is 1. The second-order valence-corrected chi connectivity index (χ2v) is 3.88. The van der Waals surface area contributed by atoms with Gasteiger partial charge in [0.1, 0.15) is 5.82 Å². The molecule has 0 aromatic carbocycles. The van der Waals surface area contributed by atoms with E-state index in [2.05, 4.69) is 20.2 Å². The van der Waals surface area contributed by atoms with E-state index in [-0.39, 0.29) is 5.69 Å². The molecule has 0 saturated carbocycles. The van der Waals surface area contributed by atoms with Gasteiger partial charge in [-0.25, -0.2) is 19.3 Å². The monoisotopic (exact) mass is 241 g/mol. The summed E-state index contributed by atoms with van der Waals surface area (Å²) in [6.45, 7) is 1.95. The zero-order valence-corrected chi connectivity index (χ0v) is 9.79. The number of nitrogens with one attached hydrogen (secondary N) is 1. The third-order valence-electron chi connectivity index (χ3n) is 2.75. The number of hydrogen-bond acceptors (Lipinski definition) is 4. The lowest BCUT2D eigenvalue weighted by atomic mass is 10.2. The molecule has 3 heterocycles. The van der Waals surface area contributed by atoms with Crippen LogP contribution in [0, 0.1) is 0 Å². The van der Waals surface area contributed by atoms with E-state index in [1.54, 1.807) is 18.5 Å². The van der Waals surface area contributed by atoms with Crippen LogP contribution >= 0.6 is 0 Å². The van der Waals surface area contributed by atoms with Crippen LogP contribution in [0.4, 0.5) is 0 Å². The first-order valence-electron chi connectivity index (χ1n) is 5.67. The molecule has 0 atom stereocenters. The summed E-state index contributed by atoms with van der Waals surface area (Å²) in [7, 11) is 0. The van der Waals surface area contributed by atoms with Crippen LogP contribution in [-0.2, 0) is 6.42 Å². The fourth-order valence-corrected chi connectivity index (χ4v) is 1.90. The molecule has 0 radical (unpaired) electrons. The second kappa shape index (κ2) is 4.06. The van der Waals surface area contributed by atoms with E-state index >= 15 is 0 Å². The third kappa shape index (κ3) is 1.58. The van der Waals surface area contributed by atoms with Crippen molar-refractivity contribution in [2.45, 2.75) is 13.3 Å². The standard InChI is InChI=1S/C12H11N5O/c1-2-10-14-9(8-4-3-5-13-7-8)6-11-15-16-12(18)17(10)11/h3-7H,2H2,1H3,(H,16,18). The van der Waals surface area contributed by atoms with Gasteiger partial charge < -0.3 is 0 Å². The van der Waals surface area contributed by atoms with Gasteiger partial charge in [-0.15, -0.1) is 0 Å². The highest BCUT2D eigenvalue weighted by Gasteiger charge is 2.09. The Balaban J connectivity index is 2.30. The summed E-state index contributed by atoms with van der Waals surface area (Å²) in [4.78, 5) is 20.1. The zero-order valence-electron chi connectivity index (χ0n) is 9.79. The number of aromatic nitrogens is 5. The summed E-state index contributed by atoms with van der Waals surface area (Å²) >= 11 is 0. The minimum absolute atomic E-state index is 0.257. The van der Waals surface area contributed by atoms with Gasteiger partial charge in [-0.1, -0.05) is 6.92 Å². The van der Waals surface area contributed by atoms with Crippen LogP contribution in [0.25, 0.3) is 16.9 Å². The summed E-state index contributed by atoms with van der Waals surface area (Å²) in [5.74, 6) is 0.685. The minimum Gasteiger partial charge on any atom is -0.264 e. The van der Waals surface area contributed by atoms with Crippen LogP contribution in [0.3, 0.4) is 0 Å². The molecular formula is C12H11N5O. The first-order chi connectivity index (χ1) is 8.79. The number of rotatable bonds is 2. The lowest BCUT2D eigenvalue weighted by molar-refractivity contribution is 0.869. The predicted molar refractivity (Wildman–Crippen MR) is 66.2 cm³/mol. The van der Waals surface area contributed by atoms with Crippen molar-refractivity contribution in [3.63, 3.8) is 0 Å². The second-order valence-electron chi connectivity index (χ2n) is 3.88. The Morgan fingerprint density at radius 1 is 1.44 bits per heavy atom. The van der Waals surface area contributed by atoms with Crippen LogP contribution in [0.1, 0.15) is 12.7 Å². The molecule has 6 nitrogen and oxygen atoms in total. The quantitative estimate of drug-likeness (QED) is 0.727. The van der Waals surface area contributed by atoms with Gasteiger partial charge in [0, 0.05) is 30.4 Å². The zero-order chi connectivity index (χ0) is 12.5. The van der Waals surface area contributed by atoms with Gasteiger partial charge >= 0.3 is 5.69 Å². The molecule has 3 rings (SSSR count). The van der Waals surface area contributed by atoms with Crippen LogP contribution in [0.5, 0.6) is 0 Å². The Morgan fingerprint density at radius 2 is 2.33 bits per heavy atom. The van der Waals surface area contributed by atoms with Crippen molar-refractivity contribution in [2.75, 3.05) is 0 Å². The molecule has 0 aliphatic rings. The van der Waals surface area contributed by atoms with Crippen LogP contribution in [0.15, 0.2) is 35.4 Å². The molecule has 0 amide bonds. The molecule has 0 aliphatic heterocycles. The molecule has 3 aromatic rings. The third-order valence-corrected chi connectivity index (χ3v) is 2.75. The van der Waals surface area contributed by atoms with Crippen molar-refractivity contribution in [3.8, 4) is 11.3 Å². The van der Waals surface area contributed by atoms with Gasteiger partial charge in [0.15, 0.2) is 5.65 Å². The summed E-state index contributed by atoms with van der Waals surface area (Å²) in [5.41, 5.74) is 1.99. The molecule has 0 spiro atoms. The van der Waals surface area contributed by atoms with E-state index in [4.69, 9.17) is 0 Å². The Bertz CT molecular complexity index is 744. The van der Waals surface area contributed by atoms with Gasteiger partial charge in [0.2, 0.25) is 0 Å². The lowest BCUT2D eigenvalue weighted by Gasteiger charge is -2.04. The Labute approximate surface area is 102 Å². The number of pyridine rings is 1. The molecule has 0 aliphatic carbocycles. The van der Waals surface area contributed by atoms with E-state index in [9.17, 15) is 4.79 Å². The summed E-state index contributed by atoms with van der Waals surface area (Å²) in [6.07, 6.45) is 4.11. The van der Waals surface area contributed by atoms with E-state index in [0.29, 0.717) is 17.9 Å². The SMILES string of the molecule is CCc1nc(-c2cccnc2)cc2n[nH]c(=O)n12. The topological polar surface area (TPSA) is 75.9 Å². The maximum Gasteiger partial charge on any atom is 0.349 e. The number of aryl methyl sites for hydroxylation is 1. The minimum atomic E-state index is -0.257. The average Bonchev–Trinajstić information content (AvgIpc) is 2.81. The molecule has 0 unspecified atom stereocenters. The molecule has 1 N–H and O–H groups in total. The van der Waals surface area contributed by atoms with Gasteiger partial charge in [-0.3, -0.25) is 4.98 Å². The largest absolute Gasteiger partial charge is 0.349 e. The fourth-order valence-electron chi connectivity index (χ4n) is 1.90. The first kappa shape index (κ1) is 10.6. The van der Waals surface area contributed by atoms with Gasteiger partial charge in [0.05, 0.1) is 5.69 Å². The lowest BCUT2D eigenvalue weighted by Crippen LogP contribution is -2.15. The van der Waals surface area contributed by atoms with Gasteiger partial charge in [-0.2, -0.15) is 5.10 Å². The van der Waals surface area contributed by atoms with E-state index in [0.717, 1.165) is 11.3 Å². The summed E-state index contributed by atoms with van der Waals surface area (Å²) in [6, 6.07) is 5.55. The molecule has 90 valence electrons. The maximum atomic E-state index is 11.6. The molecular weight excluding hydrogens is 230 g/mol. The first-order valence-corrected chi connectivity index (χ1v) is 5.67. The van der Waals surface area contributed by atoms with Gasteiger partial charge in [0.25, 0.3) is 0 Å². The number of hydrogen-bond donors (Lipinski definition) is 1. The van der Waals surface area contributed by atoms with Crippen molar-refractivity contribution in [3.05, 3.63) is 46.9 Å². The predicted octanol–water partition coefficient (Wildman–Crippen LogP) is 1.04. The smallest absolute Gasteiger partial charge is 0.264 e. The number of nitrogens with zero attached hydrogens (tertiary/aromatic N) is 4. The molecule has 0 saturated heterocycles. The molecule has 0 fully saturated rings. The Hall–Kier alpha value is -2.50. The van der Waals surface area contributed by atoms with Crippen molar-refractivity contribution in [1.82, 2.24) is 24.6 Å². The van der Waals surface area contributed by atoms with E-state index in [1.807, 2.05) is 19.1 Å². The number of H-pyrrole nitrogens is 1. The summed E-state index contributed by atoms with van der Waals surface area (Å²) < 4.78 is 1.49. The van der Waals surface area contributed by atoms with Crippen molar-refractivity contribution in [1.29, 1.82) is 0 Å². The molecule has 3 aromatic heterocycles. The Morgan fingerprint density at radius 3 is 3.06 bits per heavy atom. The maximum absolute atomic E-state index is 11.6. The Kier molecular flexibility index (Phi) is 2.40. The molecule has 18 heavy (non-hydrogen) atoms. The highest BCUT2D eigenvalue weighted by Crippen LogP contribution is 2.17. The van der Waals surface area contributed by atoms with E-state index in [1.165, 1.54) is 4.40 Å². The molecule has 0 bridgehead atoms. The number of fused-ring (bicyclic) bond motifs is 1. The average molecular weight is 241 g/mol. The molecule has 6 heteroatoms. The van der Waals surface area contributed by atoms with Crippen LogP contribution in [-0.4, -0.2) is 24.6 Å². The summed E-state index contributed by atoms with van der Waals surface area (Å²) in [5, 5.41) is 6.41. The normalized spacial score (nSPS) is 10.9. The highest BCUT2D eigenvalue weighted by atomic mass is 16.1. The fraction of sp³-hybridized carbons (Fsp3) is 0.167. The van der Waals surface area contributed by atoms with Crippen molar-refractivity contribution < 1.29 is 0 Å². The van der Waals surface area contributed by atoms with Crippen LogP contribution < -0.4 is 5.69 Å². The van der Waals surface area contributed by atoms with E-state index < -0.39 is 0 Å². The highest BCUT2D eigenvalue weighted by molar-refractivity contribution is 5.62. The van der Waals surface area contributed by atoms with Crippen LogP contribution in [0.2, 0.25) is 0 Å². The van der Waals surface area contributed by atoms with Crippen molar-refractivity contribution >= 4 is 5.65 Å².